The lowest BCUT2D eigenvalue weighted by atomic mass is 10.0. The number of nitrogens with zero attached hydrogens (tertiary/aromatic N) is 2. The molecule has 248 valence electrons. The molecule has 12 heteroatoms. The minimum Gasteiger partial charge on any atom is -0.354 e. The maximum atomic E-state index is 14.6. The van der Waals surface area contributed by atoms with E-state index in [2.05, 4.69) is 5.32 Å². The molecule has 0 aromatic heterocycles. The molecule has 0 heterocycles. The van der Waals surface area contributed by atoms with Crippen molar-refractivity contribution in [2.75, 3.05) is 17.4 Å². The van der Waals surface area contributed by atoms with E-state index >= 15 is 0 Å². The van der Waals surface area contributed by atoms with Crippen molar-refractivity contribution in [1.29, 1.82) is 0 Å². The van der Waals surface area contributed by atoms with Crippen molar-refractivity contribution in [2.24, 2.45) is 0 Å². The minimum atomic E-state index is -4.34. The molecule has 0 radical (unpaired) electrons. The fraction of sp³-hybridized carbons (Fsp3) is 0.257. The molecule has 1 N–H and O–H groups in total. The van der Waals surface area contributed by atoms with Crippen LogP contribution in [0.5, 0.6) is 0 Å². The van der Waals surface area contributed by atoms with E-state index in [0.29, 0.717) is 17.1 Å². The predicted molar refractivity (Wildman–Crippen MR) is 191 cm³/mol. The van der Waals surface area contributed by atoms with Crippen LogP contribution in [-0.4, -0.2) is 44.3 Å². The van der Waals surface area contributed by atoms with Gasteiger partial charge in [-0.3, -0.25) is 13.9 Å². The molecule has 1 atom stereocenters. The number of carbonyl (C=O) groups excluding carboxylic acids is 2. The highest BCUT2D eigenvalue weighted by atomic mass is 35.5. The van der Waals surface area contributed by atoms with Gasteiger partial charge in [-0.25, -0.2) is 8.42 Å². The number of hydrogen-bond acceptors (Lipinski definition) is 4. The van der Waals surface area contributed by atoms with E-state index < -0.39 is 28.5 Å². The fourth-order valence-corrected chi connectivity index (χ4v) is 7.10. The Morgan fingerprint density at radius 2 is 1.49 bits per heavy atom. The molecule has 0 aliphatic heterocycles. The number of amides is 2. The Morgan fingerprint density at radius 3 is 2.15 bits per heavy atom. The van der Waals surface area contributed by atoms with Gasteiger partial charge in [0.1, 0.15) is 12.6 Å². The van der Waals surface area contributed by atoms with Gasteiger partial charge in [0.2, 0.25) is 11.8 Å². The summed E-state index contributed by atoms with van der Waals surface area (Å²) in [6, 6.07) is 23.9. The van der Waals surface area contributed by atoms with Crippen molar-refractivity contribution in [1.82, 2.24) is 10.2 Å². The number of anilines is 1. The highest BCUT2D eigenvalue weighted by molar-refractivity contribution is 7.92. The van der Waals surface area contributed by atoms with Crippen molar-refractivity contribution in [3.05, 3.63) is 128 Å². The summed E-state index contributed by atoms with van der Waals surface area (Å²) in [7, 11) is -4.34. The summed E-state index contributed by atoms with van der Waals surface area (Å²) in [5, 5.41) is 3.87. The van der Waals surface area contributed by atoms with E-state index in [-0.39, 0.29) is 44.5 Å². The van der Waals surface area contributed by atoms with Gasteiger partial charge in [-0.05, 0) is 66.9 Å². The number of aryl methyl sites for hydroxylation is 1. The van der Waals surface area contributed by atoms with Crippen molar-refractivity contribution in [2.45, 2.75) is 50.6 Å². The maximum Gasteiger partial charge on any atom is 0.264 e. The molecule has 0 spiro atoms. The highest BCUT2D eigenvalue weighted by Crippen LogP contribution is 2.34. The summed E-state index contributed by atoms with van der Waals surface area (Å²) in [5.74, 6) is -1.01. The zero-order chi connectivity index (χ0) is 34.1. The normalized spacial score (nSPS) is 12.0. The van der Waals surface area contributed by atoms with Crippen LogP contribution in [0, 0.1) is 6.92 Å². The fourth-order valence-electron chi connectivity index (χ4n) is 4.92. The monoisotopic (exact) mass is 733 g/mol. The van der Waals surface area contributed by atoms with Crippen molar-refractivity contribution >= 4 is 73.9 Å². The van der Waals surface area contributed by atoms with Crippen LogP contribution in [0.1, 0.15) is 36.5 Å². The Bertz CT molecular complexity index is 1810. The Hall–Kier alpha value is -3.27. The second-order valence-electron chi connectivity index (χ2n) is 11.0. The number of sulfonamides is 1. The average Bonchev–Trinajstić information content (AvgIpc) is 3.05. The zero-order valence-electron chi connectivity index (χ0n) is 25.9. The van der Waals surface area contributed by atoms with Crippen LogP contribution in [0.15, 0.2) is 95.9 Å². The van der Waals surface area contributed by atoms with Gasteiger partial charge in [0, 0.05) is 24.5 Å². The van der Waals surface area contributed by atoms with Gasteiger partial charge in [-0.1, -0.05) is 114 Å². The summed E-state index contributed by atoms with van der Waals surface area (Å²) in [4.78, 5) is 29.8. The van der Waals surface area contributed by atoms with Crippen molar-refractivity contribution < 1.29 is 18.0 Å². The van der Waals surface area contributed by atoms with E-state index in [1.807, 2.05) is 44.2 Å². The Balaban J connectivity index is 1.83. The van der Waals surface area contributed by atoms with Crippen molar-refractivity contribution in [3.63, 3.8) is 0 Å². The quantitative estimate of drug-likeness (QED) is 0.132. The molecule has 0 fully saturated rings. The highest BCUT2D eigenvalue weighted by Gasteiger charge is 2.35. The maximum absolute atomic E-state index is 14.6. The first-order chi connectivity index (χ1) is 22.4. The summed E-state index contributed by atoms with van der Waals surface area (Å²) < 4.78 is 29.4. The van der Waals surface area contributed by atoms with Crippen molar-refractivity contribution in [3.8, 4) is 0 Å². The number of unbranched alkanes of at least 4 members (excludes halogenated alkanes) is 1. The molecule has 4 aromatic rings. The van der Waals surface area contributed by atoms with E-state index in [4.69, 9.17) is 46.4 Å². The lowest BCUT2D eigenvalue weighted by Gasteiger charge is -2.34. The second kappa shape index (κ2) is 16.7. The van der Waals surface area contributed by atoms with Crippen LogP contribution >= 0.6 is 46.4 Å². The lowest BCUT2D eigenvalue weighted by Crippen LogP contribution is -2.53. The summed E-state index contributed by atoms with van der Waals surface area (Å²) >= 11 is 25.4. The largest absolute Gasteiger partial charge is 0.354 e. The van der Waals surface area contributed by atoms with Gasteiger partial charge in [-0.2, -0.15) is 0 Å². The third-order valence-electron chi connectivity index (χ3n) is 7.50. The Morgan fingerprint density at radius 1 is 0.809 bits per heavy atom. The van der Waals surface area contributed by atoms with Gasteiger partial charge >= 0.3 is 0 Å². The minimum absolute atomic E-state index is 0.0228. The number of rotatable bonds is 14. The Labute approximate surface area is 296 Å². The topological polar surface area (TPSA) is 86.8 Å². The van der Waals surface area contributed by atoms with Crippen LogP contribution < -0.4 is 9.62 Å². The summed E-state index contributed by atoms with van der Waals surface area (Å²) in [5.41, 5.74) is 2.30. The van der Waals surface area contributed by atoms with Gasteiger partial charge in [0.05, 0.1) is 25.7 Å². The van der Waals surface area contributed by atoms with Crippen LogP contribution in [0.2, 0.25) is 20.1 Å². The van der Waals surface area contributed by atoms with Gasteiger partial charge in [0.15, 0.2) is 0 Å². The van der Waals surface area contributed by atoms with Crippen LogP contribution in [0.25, 0.3) is 0 Å². The van der Waals surface area contributed by atoms with E-state index in [0.717, 1.165) is 28.3 Å². The number of benzene rings is 4. The number of halogens is 4. The summed E-state index contributed by atoms with van der Waals surface area (Å²) in [6.45, 7) is 3.53. The lowest BCUT2D eigenvalue weighted by molar-refractivity contribution is -0.140. The molecule has 7 nitrogen and oxygen atoms in total. The van der Waals surface area contributed by atoms with E-state index in [1.165, 1.54) is 35.2 Å². The number of hydrogen-bond donors (Lipinski definition) is 1. The van der Waals surface area contributed by atoms with E-state index in [9.17, 15) is 18.0 Å². The molecule has 0 saturated carbocycles. The van der Waals surface area contributed by atoms with Gasteiger partial charge < -0.3 is 10.2 Å². The van der Waals surface area contributed by atoms with Crippen LogP contribution in [0.4, 0.5) is 5.69 Å². The SMILES string of the molecule is CCCCNC(=O)[C@H](Cc1ccccc1)N(Cc1ccc(Cl)c(Cl)c1)C(=O)CN(c1cc(Cl)ccc1Cl)S(=O)(=O)c1ccc(C)cc1. The molecule has 4 rings (SSSR count). The van der Waals surface area contributed by atoms with E-state index in [1.54, 1.807) is 30.3 Å². The number of nitrogens with one attached hydrogen (secondary N) is 1. The molecular formula is C35H35Cl4N3O4S. The molecule has 0 bridgehead atoms. The molecule has 0 unspecified atom stereocenters. The third-order valence-corrected chi connectivity index (χ3v) is 10.6. The summed E-state index contributed by atoms with van der Waals surface area (Å²) in [6.07, 6.45) is 1.79. The molecule has 0 aliphatic carbocycles. The molecule has 47 heavy (non-hydrogen) atoms. The zero-order valence-corrected chi connectivity index (χ0v) is 29.8. The standard InChI is InChI=1S/C35H35Cl4N3O4S/c1-3-4-18-40-35(44)33(20-25-8-6-5-7-9-25)41(22-26-12-16-29(37)31(39)19-26)34(43)23-42(32-21-27(36)13-17-30(32)38)47(45,46)28-14-10-24(2)11-15-28/h5-17,19,21,33H,3-4,18,20,22-23H2,1-2H3,(H,40,44)/t33-/m0/s1. The molecule has 0 aliphatic rings. The Kier molecular flexibility index (Phi) is 13.0. The van der Waals surface area contributed by atoms with Crippen LogP contribution in [-0.2, 0) is 32.6 Å². The molecule has 2 amide bonds. The first kappa shape index (κ1) is 36.6. The van der Waals surface area contributed by atoms with Gasteiger partial charge in [0.25, 0.3) is 10.0 Å². The molecule has 4 aromatic carbocycles. The molecule has 0 saturated heterocycles. The second-order valence-corrected chi connectivity index (χ2v) is 14.6. The molecular weight excluding hydrogens is 700 g/mol. The first-order valence-electron chi connectivity index (χ1n) is 15.0. The number of carbonyl (C=O) groups is 2. The van der Waals surface area contributed by atoms with Crippen LogP contribution in [0.3, 0.4) is 0 Å². The smallest absolute Gasteiger partial charge is 0.264 e. The van der Waals surface area contributed by atoms with Gasteiger partial charge in [-0.15, -0.1) is 0 Å². The predicted octanol–water partition coefficient (Wildman–Crippen LogP) is 8.36. The average molecular weight is 736 g/mol. The third kappa shape index (κ3) is 9.64. The first-order valence-corrected chi connectivity index (χ1v) is 18.0.